The molecule has 1 N–H and O–H groups in total. The summed E-state index contributed by atoms with van der Waals surface area (Å²) in [5.74, 6) is -2.78. The van der Waals surface area contributed by atoms with Gasteiger partial charge in [-0.05, 0) is 29.8 Å². The summed E-state index contributed by atoms with van der Waals surface area (Å²) < 4.78 is 14.0. The van der Waals surface area contributed by atoms with E-state index in [2.05, 4.69) is 5.32 Å². The number of benzene rings is 2. The highest BCUT2D eigenvalue weighted by atomic mass is 32.2. The Morgan fingerprint density at radius 3 is 2.50 bits per heavy atom. The molecule has 0 aromatic heterocycles. The average Bonchev–Trinajstić information content (AvgIpc) is 2.91. The SMILES string of the molecule is O=C(CN1C(=O)/C(=C/c2ccccc2F)SC1=S)Nc1ccc(C(=O)[O-])cc1. The number of carboxylic acids is 1. The molecule has 0 unspecified atom stereocenters. The number of halogens is 1. The van der Waals surface area contributed by atoms with Gasteiger partial charge in [-0.3, -0.25) is 14.5 Å². The average molecular weight is 415 g/mol. The molecule has 2 aromatic carbocycles. The quantitative estimate of drug-likeness (QED) is 0.594. The zero-order valence-corrected chi connectivity index (χ0v) is 15.8. The van der Waals surface area contributed by atoms with Crippen LogP contribution in [0.2, 0.25) is 0 Å². The number of amides is 2. The first-order chi connectivity index (χ1) is 13.3. The molecule has 1 aliphatic rings. The normalized spacial score (nSPS) is 15.2. The van der Waals surface area contributed by atoms with E-state index in [1.165, 1.54) is 42.5 Å². The minimum Gasteiger partial charge on any atom is -0.545 e. The van der Waals surface area contributed by atoms with E-state index < -0.39 is 23.6 Å². The van der Waals surface area contributed by atoms with Crippen LogP contribution in [0, 0.1) is 5.82 Å². The standard InChI is InChI=1S/C19H13FN2O4S2/c20-14-4-2-1-3-12(14)9-15-17(24)22(19(27)28-15)10-16(23)21-13-7-5-11(6-8-13)18(25)26/h1-9H,10H2,(H,21,23)(H,25,26)/p-1/b15-9-. The maximum Gasteiger partial charge on any atom is 0.266 e. The lowest BCUT2D eigenvalue weighted by atomic mass is 10.2. The lowest BCUT2D eigenvalue weighted by Crippen LogP contribution is -2.36. The van der Waals surface area contributed by atoms with Crippen molar-refractivity contribution in [1.82, 2.24) is 4.90 Å². The minimum absolute atomic E-state index is 0.0202. The molecule has 1 saturated heterocycles. The predicted octanol–water partition coefficient (Wildman–Crippen LogP) is 2.03. The molecule has 142 valence electrons. The number of hydrogen-bond acceptors (Lipinski definition) is 6. The Bertz CT molecular complexity index is 1010. The van der Waals surface area contributed by atoms with Gasteiger partial charge in [-0.25, -0.2) is 4.39 Å². The molecule has 0 bridgehead atoms. The summed E-state index contributed by atoms with van der Waals surface area (Å²) in [6.45, 7) is -0.318. The first-order valence-electron chi connectivity index (χ1n) is 7.96. The molecule has 0 atom stereocenters. The van der Waals surface area contributed by atoms with Crippen LogP contribution in [0.15, 0.2) is 53.4 Å². The number of hydrogen-bond donors (Lipinski definition) is 1. The van der Waals surface area contributed by atoms with Gasteiger partial charge in [-0.1, -0.05) is 54.3 Å². The van der Waals surface area contributed by atoms with E-state index in [1.807, 2.05) is 0 Å². The monoisotopic (exact) mass is 415 g/mol. The number of anilines is 1. The van der Waals surface area contributed by atoms with E-state index in [4.69, 9.17) is 12.2 Å². The fourth-order valence-electron chi connectivity index (χ4n) is 2.40. The number of rotatable bonds is 5. The molecular formula is C19H12FN2O4S2-. The summed E-state index contributed by atoms with van der Waals surface area (Å²) in [6, 6.07) is 11.4. The first-order valence-corrected chi connectivity index (χ1v) is 9.19. The lowest BCUT2D eigenvalue weighted by Gasteiger charge is -2.14. The summed E-state index contributed by atoms with van der Waals surface area (Å²) in [4.78, 5) is 36.8. The fourth-order valence-corrected chi connectivity index (χ4v) is 3.65. The van der Waals surface area contributed by atoms with Crippen LogP contribution in [0.3, 0.4) is 0 Å². The Morgan fingerprint density at radius 2 is 1.86 bits per heavy atom. The second-order valence-corrected chi connectivity index (χ2v) is 7.38. The van der Waals surface area contributed by atoms with Gasteiger partial charge in [0.2, 0.25) is 5.91 Å². The van der Waals surface area contributed by atoms with Gasteiger partial charge < -0.3 is 15.2 Å². The van der Waals surface area contributed by atoms with Gasteiger partial charge in [-0.2, -0.15) is 0 Å². The van der Waals surface area contributed by atoms with E-state index >= 15 is 0 Å². The van der Waals surface area contributed by atoms with Crippen LogP contribution in [0.25, 0.3) is 6.08 Å². The highest BCUT2D eigenvalue weighted by Gasteiger charge is 2.33. The van der Waals surface area contributed by atoms with E-state index in [1.54, 1.807) is 12.1 Å². The van der Waals surface area contributed by atoms with Crippen LogP contribution >= 0.6 is 24.0 Å². The molecule has 9 heteroatoms. The molecule has 1 heterocycles. The molecule has 0 saturated carbocycles. The maximum absolute atomic E-state index is 13.8. The van der Waals surface area contributed by atoms with Gasteiger partial charge in [0.25, 0.3) is 5.91 Å². The number of carboxylic acid groups (broad SMARTS) is 1. The van der Waals surface area contributed by atoms with Gasteiger partial charge in [0, 0.05) is 11.3 Å². The van der Waals surface area contributed by atoms with Gasteiger partial charge in [0.15, 0.2) is 0 Å². The molecule has 0 spiro atoms. The number of thiocarbonyl (C=S) groups is 1. The topological polar surface area (TPSA) is 89.5 Å². The van der Waals surface area contributed by atoms with E-state index in [0.29, 0.717) is 5.69 Å². The van der Waals surface area contributed by atoms with Crippen molar-refractivity contribution in [2.45, 2.75) is 0 Å². The maximum atomic E-state index is 13.8. The van der Waals surface area contributed by atoms with Gasteiger partial charge in [0.1, 0.15) is 16.7 Å². The summed E-state index contributed by atoms with van der Waals surface area (Å²) in [5, 5.41) is 13.3. The van der Waals surface area contributed by atoms with E-state index in [0.717, 1.165) is 16.7 Å². The first kappa shape index (κ1) is 19.7. The third-order valence-corrected chi connectivity index (χ3v) is 5.15. The molecule has 3 rings (SSSR count). The number of aromatic carboxylic acids is 1. The number of carbonyl (C=O) groups is 3. The zero-order valence-electron chi connectivity index (χ0n) is 14.2. The van der Waals surface area contributed by atoms with Crippen molar-refractivity contribution in [1.29, 1.82) is 0 Å². The summed E-state index contributed by atoms with van der Waals surface area (Å²) in [6.07, 6.45) is 1.39. The molecule has 0 aliphatic carbocycles. The van der Waals surface area contributed by atoms with Crippen molar-refractivity contribution in [3.8, 4) is 0 Å². The molecule has 2 aromatic rings. The molecule has 28 heavy (non-hydrogen) atoms. The third kappa shape index (κ3) is 4.44. The molecule has 1 fully saturated rings. The molecule has 2 amide bonds. The number of carbonyl (C=O) groups excluding carboxylic acids is 3. The van der Waals surface area contributed by atoms with Crippen LogP contribution < -0.4 is 10.4 Å². The highest BCUT2D eigenvalue weighted by molar-refractivity contribution is 8.26. The van der Waals surface area contributed by atoms with Crippen molar-refractivity contribution < 1.29 is 23.9 Å². The second-order valence-electron chi connectivity index (χ2n) is 5.70. The summed E-state index contributed by atoms with van der Waals surface area (Å²) in [5.41, 5.74) is 0.594. The summed E-state index contributed by atoms with van der Waals surface area (Å²) >= 11 is 6.14. The number of nitrogens with zero attached hydrogens (tertiary/aromatic N) is 1. The third-order valence-electron chi connectivity index (χ3n) is 3.77. The Balaban J connectivity index is 1.68. The predicted molar refractivity (Wildman–Crippen MR) is 106 cm³/mol. The lowest BCUT2D eigenvalue weighted by molar-refractivity contribution is -0.255. The number of thioether (sulfide) groups is 1. The van der Waals surface area contributed by atoms with Crippen molar-refractivity contribution >= 4 is 57.8 Å². The molecular weight excluding hydrogens is 403 g/mol. The fraction of sp³-hybridized carbons (Fsp3) is 0.0526. The molecule has 1 aliphatic heterocycles. The van der Waals surface area contributed by atoms with Crippen LogP contribution in [0.1, 0.15) is 15.9 Å². The Hall–Kier alpha value is -3.04. The van der Waals surface area contributed by atoms with Crippen LogP contribution in [-0.4, -0.2) is 33.5 Å². The zero-order chi connectivity index (χ0) is 20.3. The van der Waals surface area contributed by atoms with Crippen LogP contribution in [0.5, 0.6) is 0 Å². The highest BCUT2D eigenvalue weighted by Crippen LogP contribution is 2.32. The smallest absolute Gasteiger partial charge is 0.266 e. The van der Waals surface area contributed by atoms with Crippen molar-refractivity contribution in [3.05, 3.63) is 70.4 Å². The van der Waals surface area contributed by atoms with Gasteiger partial charge >= 0.3 is 0 Å². The molecule has 6 nitrogen and oxygen atoms in total. The second kappa shape index (κ2) is 8.32. The van der Waals surface area contributed by atoms with Gasteiger partial charge in [0.05, 0.1) is 10.9 Å². The number of nitrogens with one attached hydrogen (secondary N) is 1. The minimum atomic E-state index is -1.32. The largest absolute Gasteiger partial charge is 0.545 e. The van der Waals surface area contributed by atoms with E-state index in [-0.39, 0.29) is 26.9 Å². The van der Waals surface area contributed by atoms with Crippen LogP contribution in [-0.2, 0) is 9.59 Å². The van der Waals surface area contributed by atoms with Crippen molar-refractivity contribution in [2.75, 3.05) is 11.9 Å². The molecule has 0 radical (unpaired) electrons. The Labute approximate surface area is 169 Å². The van der Waals surface area contributed by atoms with Gasteiger partial charge in [-0.15, -0.1) is 0 Å². The summed E-state index contributed by atoms with van der Waals surface area (Å²) in [7, 11) is 0. The van der Waals surface area contributed by atoms with Crippen molar-refractivity contribution in [3.63, 3.8) is 0 Å². The van der Waals surface area contributed by atoms with Crippen molar-refractivity contribution in [2.24, 2.45) is 0 Å². The van der Waals surface area contributed by atoms with Crippen LogP contribution in [0.4, 0.5) is 10.1 Å². The Morgan fingerprint density at radius 1 is 1.18 bits per heavy atom. The Kier molecular flexibility index (Phi) is 5.86. The van der Waals surface area contributed by atoms with E-state index in [9.17, 15) is 23.9 Å².